The van der Waals surface area contributed by atoms with Gasteiger partial charge in [-0.3, -0.25) is 0 Å². The van der Waals surface area contributed by atoms with Gasteiger partial charge in [0.2, 0.25) is 0 Å². The summed E-state index contributed by atoms with van der Waals surface area (Å²) < 4.78 is 0. The molecule has 0 unspecified atom stereocenters. The summed E-state index contributed by atoms with van der Waals surface area (Å²) in [7, 11) is -1.44. The van der Waals surface area contributed by atoms with Gasteiger partial charge in [-0.05, 0) is 127 Å². The van der Waals surface area contributed by atoms with Gasteiger partial charge in [0.15, 0.2) is 0 Å². The SMILES string of the molecule is C[Si](C)(C)c1ccc(N(c2ccc(-c3ccc(/C=C/c4ccc(N(c5ccccc5)c5ccc6ccccc6c5)cc4)c4ccccc34)cc2)c2ccc3ccccc3c2)cc1. The third-order valence-electron chi connectivity index (χ3n) is 12.0. The third-order valence-corrected chi connectivity index (χ3v) is 14.1. The van der Waals surface area contributed by atoms with E-state index in [2.05, 4.69) is 266 Å². The summed E-state index contributed by atoms with van der Waals surface area (Å²) >= 11 is 0. The molecule has 298 valence electrons. The maximum Gasteiger partial charge on any atom is 0.0775 e. The zero-order chi connectivity index (χ0) is 42.0. The maximum absolute atomic E-state index is 2.40. The Morgan fingerprint density at radius 1 is 0.339 bits per heavy atom. The van der Waals surface area contributed by atoms with E-state index in [4.69, 9.17) is 0 Å². The summed E-state index contributed by atoms with van der Waals surface area (Å²) in [5.74, 6) is 0. The van der Waals surface area contributed by atoms with E-state index < -0.39 is 8.07 Å². The lowest BCUT2D eigenvalue weighted by Crippen LogP contribution is -2.37. The zero-order valence-electron chi connectivity index (χ0n) is 35.4. The fourth-order valence-corrected chi connectivity index (χ4v) is 9.81. The minimum Gasteiger partial charge on any atom is -0.310 e. The van der Waals surface area contributed by atoms with Crippen LogP contribution >= 0.6 is 0 Å². The minimum absolute atomic E-state index is 1.12. The molecule has 0 saturated heterocycles. The molecule has 0 bridgehead atoms. The average molecular weight is 813 g/mol. The quantitative estimate of drug-likeness (QED) is 0.100. The average Bonchev–Trinajstić information content (AvgIpc) is 3.32. The number of hydrogen-bond acceptors (Lipinski definition) is 2. The lowest BCUT2D eigenvalue weighted by atomic mass is 9.94. The van der Waals surface area contributed by atoms with Crippen molar-refractivity contribution in [2.24, 2.45) is 0 Å². The van der Waals surface area contributed by atoms with E-state index in [-0.39, 0.29) is 0 Å². The number of fused-ring (bicyclic) bond motifs is 3. The van der Waals surface area contributed by atoms with Crippen molar-refractivity contribution in [1.82, 2.24) is 0 Å². The van der Waals surface area contributed by atoms with Gasteiger partial charge < -0.3 is 9.80 Å². The van der Waals surface area contributed by atoms with Crippen molar-refractivity contribution in [3.63, 3.8) is 0 Å². The predicted octanol–water partition coefficient (Wildman–Crippen LogP) is 16.5. The molecule has 0 radical (unpaired) electrons. The van der Waals surface area contributed by atoms with Crippen LogP contribution in [0.1, 0.15) is 11.1 Å². The Morgan fingerprint density at radius 3 is 1.35 bits per heavy atom. The van der Waals surface area contributed by atoms with Gasteiger partial charge in [0.1, 0.15) is 0 Å². The number of nitrogens with zero attached hydrogens (tertiary/aromatic N) is 2. The van der Waals surface area contributed by atoms with Crippen molar-refractivity contribution in [3.05, 3.63) is 236 Å². The topological polar surface area (TPSA) is 6.48 Å². The summed E-state index contributed by atoms with van der Waals surface area (Å²) in [6.45, 7) is 7.21. The highest BCUT2D eigenvalue weighted by Gasteiger charge is 2.19. The summed E-state index contributed by atoms with van der Waals surface area (Å²) in [4.78, 5) is 4.70. The summed E-state index contributed by atoms with van der Waals surface area (Å²) in [6, 6.07) is 81.7. The molecule has 62 heavy (non-hydrogen) atoms. The van der Waals surface area contributed by atoms with Gasteiger partial charge in [0, 0.05) is 34.1 Å². The Morgan fingerprint density at radius 2 is 0.790 bits per heavy atom. The Balaban J connectivity index is 0.945. The Hall–Kier alpha value is -7.46. The van der Waals surface area contributed by atoms with Crippen molar-refractivity contribution in [3.8, 4) is 11.1 Å². The Kier molecular flexibility index (Phi) is 10.3. The van der Waals surface area contributed by atoms with Gasteiger partial charge in [0.25, 0.3) is 0 Å². The summed E-state index contributed by atoms with van der Waals surface area (Å²) in [5, 5.41) is 8.86. The van der Waals surface area contributed by atoms with Crippen LogP contribution in [0.25, 0.3) is 55.6 Å². The van der Waals surface area contributed by atoms with Crippen LogP contribution in [-0.2, 0) is 0 Å². The summed E-state index contributed by atoms with van der Waals surface area (Å²) in [5.41, 5.74) is 11.6. The van der Waals surface area contributed by atoms with Crippen molar-refractivity contribution in [2.45, 2.75) is 19.6 Å². The van der Waals surface area contributed by atoms with Crippen LogP contribution in [0, 0.1) is 0 Å². The van der Waals surface area contributed by atoms with Gasteiger partial charge in [-0.15, -0.1) is 0 Å². The van der Waals surface area contributed by atoms with Gasteiger partial charge in [0.05, 0.1) is 8.07 Å². The second-order valence-corrected chi connectivity index (χ2v) is 22.2. The van der Waals surface area contributed by atoms with Crippen molar-refractivity contribution >= 4 is 91.9 Å². The van der Waals surface area contributed by atoms with Crippen LogP contribution in [0.3, 0.4) is 0 Å². The van der Waals surface area contributed by atoms with Crippen LogP contribution in [0.5, 0.6) is 0 Å². The normalized spacial score (nSPS) is 11.7. The number of hydrogen-bond donors (Lipinski definition) is 0. The first-order chi connectivity index (χ1) is 30.4. The molecule has 0 spiro atoms. The molecule has 0 aliphatic rings. The zero-order valence-corrected chi connectivity index (χ0v) is 36.4. The Labute approximate surface area is 366 Å². The van der Waals surface area contributed by atoms with Crippen molar-refractivity contribution < 1.29 is 0 Å². The van der Waals surface area contributed by atoms with Crippen LogP contribution in [0.2, 0.25) is 19.6 Å². The van der Waals surface area contributed by atoms with Crippen molar-refractivity contribution in [1.29, 1.82) is 0 Å². The van der Waals surface area contributed by atoms with Crippen LogP contribution in [0.15, 0.2) is 224 Å². The van der Waals surface area contributed by atoms with E-state index >= 15 is 0 Å². The molecular weight excluding hydrogens is 765 g/mol. The molecule has 0 aliphatic heterocycles. The lowest BCUT2D eigenvalue weighted by molar-refractivity contribution is 1.29. The molecule has 0 aliphatic carbocycles. The molecule has 0 saturated carbocycles. The first kappa shape index (κ1) is 38.7. The smallest absolute Gasteiger partial charge is 0.0775 e. The predicted molar refractivity (Wildman–Crippen MR) is 272 cm³/mol. The highest BCUT2D eigenvalue weighted by molar-refractivity contribution is 6.88. The van der Waals surface area contributed by atoms with Crippen LogP contribution in [0.4, 0.5) is 34.1 Å². The van der Waals surface area contributed by atoms with E-state index in [1.165, 1.54) is 54.2 Å². The molecule has 0 fully saturated rings. The van der Waals surface area contributed by atoms with E-state index in [0.29, 0.717) is 0 Å². The number of para-hydroxylation sites is 1. The first-order valence-corrected chi connectivity index (χ1v) is 25.0. The largest absolute Gasteiger partial charge is 0.310 e. The highest BCUT2D eigenvalue weighted by atomic mass is 28.3. The van der Waals surface area contributed by atoms with Crippen LogP contribution in [-0.4, -0.2) is 8.07 Å². The standard InChI is InChI=1S/C59H48N2Si/c1-62(2,3)56-38-36-53(37-39-56)61(55-35-26-45-14-8-10-16-49(45)42-55)52-32-27-47(28-33-52)58-40-29-46(57-19-11-12-20-59(57)58)24-21-43-22-30-51(31-23-43)60(50-17-5-4-6-18-50)54-34-25-44-13-7-9-15-48(44)41-54/h4-42H,1-3H3/b24-21+. The molecule has 0 atom stereocenters. The molecule has 2 nitrogen and oxygen atoms in total. The molecule has 0 heterocycles. The Bertz CT molecular complexity index is 3200. The number of anilines is 6. The maximum atomic E-state index is 2.40. The van der Waals surface area contributed by atoms with E-state index in [1.807, 2.05) is 0 Å². The van der Waals surface area contributed by atoms with Gasteiger partial charge in [-0.2, -0.15) is 0 Å². The van der Waals surface area contributed by atoms with Gasteiger partial charge in [-0.25, -0.2) is 0 Å². The fraction of sp³-hybridized carbons (Fsp3) is 0.0508. The van der Waals surface area contributed by atoms with E-state index in [0.717, 1.165) is 39.7 Å². The first-order valence-electron chi connectivity index (χ1n) is 21.5. The van der Waals surface area contributed by atoms with Crippen LogP contribution < -0.4 is 15.0 Å². The van der Waals surface area contributed by atoms with Crippen molar-refractivity contribution in [2.75, 3.05) is 9.80 Å². The molecule has 0 N–H and O–H groups in total. The highest BCUT2D eigenvalue weighted by Crippen LogP contribution is 2.40. The lowest BCUT2D eigenvalue weighted by Gasteiger charge is -2.27. The number of rotatable bonds is 10. The van der Waals surface area contributed by atoms with E-state index in [9.17, 15) is 0 Å². The molecule has 3 heteroatoms. The molecular formula is C59H48N2Si. The molecule has 0 aromatic heterocycles. The number of benzene rings is 10. The fourth-order valence-electron chi connectivity index (χ4n) is 8.64. The molecule has 10 rings (SSSR count). The monoisotopic (exact) mass is 812 g/mol. The molecule has 10 aromatic rings. The third kappa shape index (κ3) is 7.83. The van der Waals surface area contributed by atoms with E-state index in [1.54, 1.807) is 0 Å². The second kappa shape index (κ2) is 16.5. The summed E-state index contributed by atoms with van der Waals surface area (Å²) in [6.07, 6.45) is 4.47. The van der Waals surface area contributed by atoms with Gasteiger partial charge in [-0.1, -0.05) is 189 Å². The second-order valence-electron chi connectivity index (χ2n) is 17.1. The minimum atomic E-state index is -1.44. The molecule has 10 aromatic carbocycles. The van der Waals surface area contributed by atoms with Gasteiger partial charge >= 0.3 is 0 Å². The molecule has 0 amide bonds.